The highest BCUT2D eigenvalue weighted by Gasteiger charge is 2.63. The SMILES string of the molecule is CCOC(=O)C(NCc1ccccc1F)(NC(=O)c1cccc(Cl)c1)C(F)(F)F. The highest BCUT2D eigenvalue weighted by Crippen LogP contribution is 2.31. The van der Waals surface area contributed by atoms with E-state index in [2.05, 4.69) is 4.74 Å². The zero-order chi connectivity index (χ0) is 21.7. The summed E-state index contributed by atoms with van der Waals surface area (Å²) in [5.74, 6) is -3.78. The molecule has 0 aromatic heterocycles. The van der Waals surface area contributed by atoms with E-state index in [1.807, 2.05) is 5.32 Å². The molecule has 2 aromatic rings. The van der Waals surface area contributed by atoms with Crippen LogP contribution >= 0.6 is 11.6 Å². The summed E-state index contributed by atoms with van der Waals surface area (Å²) in [6.07, 6.45) is -5.31. The van der Waals surface area contributed by atoms with Crippen LogP contribution in [0.3, 0.4) is 0 Å². The van der Waals surface area contributed by atoms with Crippen LogP contribution in [0.15, 0.2) is 48.5 Å². The second-order valence-electron chi connectivity index (χ2n) is 5.88. The van der Waals surface area contributed by atoms with Crippen LogP contribution in [0.2, 0.25) is 5.02 Å². The molecule has 0 radical (unpaired) electrons. The Morgan fingerprint density at radius 2 is 1.79 bits per heavy atom. The summed E-state index contributed by atoms with van der Waals surface area (Å²) >= 11 is 5.77. The number of alkyl halides is 3. The van der Waals surface area contributed by atoms with Crippen LogP contribution < -0.4 is 10.6 Å². The molecule has 0 aliphatic carbocycles. The molecule has 0 aliphatic heterocycles. The summed E-state index contributed by atoms with van der Waals surface area (Å²) in [5, 5.41) is 3.70. The Kier molecular flexibility index (Phi) is 7.21. The quantitative estimate of drug-likeness (QED) is 0.396. The fraction of sp³-hybridized carbons (Fsp3) is 0.263. The molecule has 1 amide bonds. The predicted octanol–water partition coefficient (Wildman–Crippen LogP) is 3.82. The van der Waals surface area contributed by atoms with E-state index in [-0.39, 0.29) is 22.8 Å². The van der Waals surface area contributed by atoms with Crippen molar-refractivity contribution in [2.45, 2.75) is 25.3 Å². The smallest absolute Gasteiger partial charge is 0.436 e. The molecular formula is C19H17ClF4N2O3. The summed E-state index contributed by atoms with van der Waals surface area (Å²) < 4.78 is 60.4. The van der Waals surface area contributed by atoms with Crippen LogP contribution in [0.1, 0.15) is 22.8 Å². The first-order valence-electron chi connectivity index (χ1n) is 8.41. The van der Waals surface area contributed by atoms with Gasteiger partial charge >= 0.3 is 12.1 Å². The number of carbonyl (C=O) groups excluding carboxylic acids is 2. The maximum Gasteiger partial charge on any atom is 0.436 e. The van der Waals surface area contributed by atoms with Crippen molar-refractivity contribution in [2.24, 2.45) is 0 Å². The van der Waals surface area contributed by atoms with Gasteiger partial charge in [0.05, 0.1) is 6.61 Å². The van der Waals surface area contributed by atoms with Gasteiger partial charge in [-0.3, -0.25) is 10.1 Å². The van der Waals surface area contributed by atoms with Crippen LogP contribution in [0.4, 0.5) is 17.6 Å². The summed E-state index contributed by atoms with van der Waals surface area (Å²) in [4.78, 5) is 24.8. The monoisotopic (exact) mass is 432 g/mol. The Bertz CT molecular complexity index is 892. The molecule has 0 bridgehead atoms. The third kappa shape index (κ3) is 5.24. The van der Waals surface area contributed by atoms with E-state index in [0.29, 0.717) is 0 Å². The zero-order valence-corrected chi connectivity index (χ0v) is 15.9. The van der Waals surface area contributed by atoms with Crippen LogP contribution in [-0.2, 0) is 16.1 Å². The summed E-state index contributed by atoms with van der Waals surface area (Å²) in [7, 11) is 0. The highest BCUT2D eigenvalue weighted by atomic mass is 35.5. The van der Waals surface area contributed by atoms with E-state index < -0.39 is 36.1 Å². The molecule has 2 N–H and O–H groups in total. The molecule has 0 saturated heterocycles. The van der Waals surface area contributed by atoms with Crippen LogP contribution in [0.25, 0.3) is 0 Å². The molecule has 0 saturated carbocycles. The van der Waals surface area contributed by atoms with Crippen molar-refractivity contribution in [2.75, 3.05) is 6.61 Å². The van der Waals surface area contributed by atoms with Gasteiger partial charge in [-0.15, -0.1) is 0 Å². The highest BCUT2D eigenvalue weighted by molar-refractivity contribution is 6.31. The Hall–Kier alpha value is -2.65. The van der Waals surface area contributed by atoms with Gasteiger partial charge in [0, 0.05) is 22.7 Å². The van der Waals surface area contributed by atoms with Crippen molar-refractivity contribution >= 4 is 23.5 Å². The fourth-order valence-corrected chi connectivity index (χ4v) is 2.63. The van der Waals surface area contributed by atoms with Crippen molar-refractivity contribution in [1.82, 2.24) is 10.6 Å². The Labute approximate surface area is 169 Å². The second kappa shape index (κ2) is 9.23. The number of hydrogen-bond acceptors (Lipinski definition) is 4. The van der Waals surface area contributed by atoms with Crippen LogP contribution in [0.5, 0.6) is 0 Å². The van der Waals surface area contributed by atoms with Gasteiger partial charge in [0.1, 0.15) is 5.82 Å². The predicted molar refractivity (Wildman–Crippen MR) is 97.6 cm³/mol. The molecule has 0 spiro atoms. The summed E-state index contributed by atoms with van der Waals surface area (Å²) in [6.45, 7) is 0.237. The molecule has 0 aliphatic rings. The van der Waals surface area contributed by atoms with Gasteiger partial charge in [0.15, 0.2) is 0 Å². The Morgan fingerprint density at radius 3 is 2.38 bits per heavy atom. The van der Waals surface area contributed by atoms with Gasteiger partial charge in [-0.2, -0.15) is 13.2 Å². The van der Waals surface area contributed by atoms with Crippen molar-refractivity contribution in [3.05, 3.63) is 70.5 Å². The first-order valence-corrected chi connectivity index (χ1v) is 8.79. The molecule has 29 heavy (non-hydrogen) atoms. The number of benzene rings is 2. The van der Waals surface area contributed by atoms with Gasteiger partial charge in [0.25, 0.3) is 11.6 Å². The molecule has 1 atom stereocenters. The third-order valence-electron chi connectivity index (χ3n) is 3.90. The lowest BCUT2D eigenvalue weighted by molar-refractivity contribution is -0.219. The number of ether oxygens (including phenoxy) is 1. The number of hydrogen-bond donors (Lipinski definition) is 2. The Balaban J connectivity index is 2.43. The topological polar surface area (TPSA) is 67.4 Å². The normalized spacial score (nSPS) is 13.4. The zero-order valence-electron chi connectivity index (χ0n) is 15.1. The number of amides is 1. The van der Waals surface area contributed by atoms with Gasteiger partial charge in [-0.05, 0) is 31.2 Å². The maximum absolute atomic E-state index is 14.0. The molecule has 156 valence electrons. The van der Waals surface area contributed by atoms with E-state index in [9.17, 15) is 27.2 Å². The van der Waals surface area contributed by atoms with Crippen molar-refractivity contribution in [1.29, 1.82) is 0 Å². The minimum Gasteiger partial charge on any atom is -0.463 e. The summed E-state index contributed by atoms with van der Waals surface area (Å²) in [5.41, 5.74) is -3.95. The van der Waals surface area contributed by atoms with Crippen LogP contribution in [0, 0.1) is 5.82 Å². The lowest BCUT2D eigenvalue weighted by Gasteiger charge is -2.35. The first-order chi connectivity index (χ1) is 13.6. The molecule has 5 nitrogen and oxygen atoms in total. The average Bonchev–Trinajstić information content (AvgIpc) is 2.65. The van der Waals surface area contributed by atoms with Gasteiger partial charge in [-0.25, -0.2) is 9.18 Å². The minimum absolute atomic E-state index is 0.116. The van der Waals surface area contributed by atoms with E-state index >= 15 is 0 Å². The van der Waals surface area contributed by atoms with Gasteiger partial charge in [0.2, 0.25) is 0 Å². The van der Waals surface area contributed by atoms with E-state index in [1.165, 1.54) is 43.3 Å². The lowest BCUT2D eigenvalue weighted by Crippen LogP contribution is -2.72. The van der Waals surface area contributed by atoms with E-state index in [1.54, 1.807) is 5.32 Å². The molecular weight excluding hydrogens is 416 g/mol. The molecule has 0 heterocycles. The Morgan fingerprint density at radius 1 is 1.10 bits per heavy atom. The fourth-order valence-electron chi connectivity index (χ4n) is 2.44. The number of rotatable bonds is 7. The third-order valence-corrected chi connectivity index (χ3v) is 4.13. The standard InChI is InChI=1S/C19H17ClF4N2O3/c1-2-29-17(28)18(19(22,23)24,25-11-13-6-3-4-9-15(13)21)26-16(27)12-7-5-8-14(20)10-12/h3-10,25H,2,11H2,1H3,(H,26,27). The number of carbonyl (C=O) groups is 2. The average molecular weight is 433 g/mol. The molecule has 2 rings (SSSR count). The van der Waals surface area contributed by atoms with Gasteiger partial charge < -0.3 is 10.1 Å². The van der Waals surface area contributed by atoms with Crippen molar-refractivity contribution in [3.8, 4) is 0 Å². The number of nitrogens with one attached hydrogen (secondary N) is 2. The van der Waals surface area contributed by atoms with E-state index in [4.69, 9.17) is 11.6 Å². The molecule has 1 unspecified atom stereocenters. The molecule has 2 aromatic carbocycles. The van der Waals surface area contributed by atoms with E-state index in [0.717, 1.165) is 12.1 Å². The number of halogens is 5. The summed E-state index contributed by atoms with van der Waals surface area (Å²) in [6, 6.07) is 10.2. The van der Waals surface area contributed by atoms with Crippen molar-refractivity contribution in [3.63, 3.8) is 0 Å². The molecule has 10 heteroatoms. The van der Waals surface area contributed by atoms with Gasteiger partial charge in [-0.1, -0.05) is 35.9 Å². The lowest BCUT2D eigenvalue weighted by atomic mass is 10.1. The van der Waals surface area contributed by atoms with Crippen LogP contribution in [-0.4, -0.2) is 30.3 Å². The molecule has 0 fully saturated rings. The first kappa shape index (κ1) is 22.6. The largest absolute Gasteiger partial charge is 0.463 e. The van der Waals surface area contributed by atoms with Crippen molar-refractivity contribution < 1.29 is 31.9 Å². The second-order valence-corrected chi connectivity index (χ2v) is 6.31. The minimum atomic E-state index is -5.31. The number of esters is 1. The maximum atomic E-state index is 14.0.